The van der Waals surface area contributed by atoms with Crippen LogP contribution in [0.1, 0.15) is 24.0 Å². The first-order chi connectivity index (χ1) is 7.86. The van der Waals surface area contributed by atoms with Gasteiger partial charge in [0, 0.05) is 25.5 Å². The lowest BCUT2D eigenvalue weighted by Crippen LogP contribution is -2.28. The molecule has 1 aromatic heterocycles. The van der Waals surface area contributed by atoms with Crippen molar-refractivity contribution in [2.24, 2.45) is 0 Å². The predicted molar refractivity (Wildman–Crippen MR) is 63.9 cm³/mol. The lowest BCUT2D eigenvalue weighted by molar-refractivity contribution is 0.122. The number of nitrogens with one attached hydrogen (secondary N) is 1. The summed E-state index contributed by atoms with van der Waals surface area (Å²) in [5.74, 6) is 0. The number of pyridine rings is 1. The molecule has 0 saturated heterocycles. The molecule has 2 rings (SSSR count). The van der Waals surface area contributed by atoms with Crippen LogP contribution in [-0.4, -0.2) is 17.6 Å². The zero-order valence-corrected chi connectivity index (χ0v) is 9.65. The van der Waals surface area contributed by atoms with Crippen molar-refractivity contribution >= 4 is 0 Å². The highest BCUT2D eigenvalue weighted by Gasteiger charge is 2.09. The van der Waals surface area contributed by atoms with Gasteiger partial charge in [0.2, 0.25) is 0 Å². The summed E-state index contributed by atoms with van der Waals surface area (Å²) in [5, 5.41) is 3.43. The van der Waals surface area contributed by atoms with Gasteiger partial charge in [0.05, 0.1) is 6.26 Å². The molecule has 0 bridgehead atoms. The molecule has 1 aromatic rings. The molecule has 0 spiro atoms. The SMILES string of the molecule is Cc1cnccc1CNCC1CCC=CO1. The van der Waals surface area contributed by atoms with E-state index in [9.17, 15) is 0 Å². The molecule has 0 aromatic carbocycles. The van der Waals surface area contributed by atoms with E-state index in [-0.39, 0.29) is 0 Å². The Morgan fingerprint density at radius 3 is 3.25 bits per heavy atom. The number of nitrogens with zero attached hydrogens (tertiary/aromatic N) is 1. The molecule has 0 radical (unpaired) electrons. The molecule has 16 heavy (non-hydrogen) atoms. The van der Waals surface area contributed by atoms with Crippen molar-refractivity contribution in [3.05, 3.63) is 41.9 Å². The van der Waals surface area contributed by atoms with Crippen molar-refractivity contribution in [1.29, 1.82) is 0 Å². The second-order valence-corrected chi connectivity index (χ2v) is 4.14. The maximum Gasteiger partial charge on any atom is 0.110 e. The standard InChI is InChI=1S/C13H18N2O/c1-11-8-14-6-5-12(11)9-15-10-13-4-2-3-7-16-13/h3,5-8,13,15H,2,4,9-10H2,1H3. The van der Waals surface area contributed by atoms with Gasteiger partial charge >= 0.3 is 0 Å². The maximum absolute atomic E-state index is 5.49. The molecule has 0 saturated carbocycles. The van der Waals surface area contributed by atoms with E-state index in [4.69, 9.17) is 4.74 Å². The van der Waals surface area contributed by atoms with E-state index < -0.39 is 0 Å². The van der Waals surface area contributed by atoms with Gasteiger partial charge < -0.3 is 10.1 Å². The number of aryl methyl sites for hydroxylation is 1. The summed E-state index contributed by atoms with van der Waals surface area (Å²) in [7, 11) is 0. The highest BCUT2D eigenvalue weighted by molar-refractivity contribution is 5.21. The summed E-state index contributed by atoms with van der Waals surface area (Å²) < 4.78 is 5.49. The maximum atomic E-state index is 5.49. The smallest absolute Gasteiger partial charge is 0.110 e. The van der Waals surface area contributed by atoms with Crippen molar-refractivity contribution in [3.63, 3.8) is 0 Å². The van der Waals surface area contributed by atoms with Gasteiger partial charge in [-0.2, -0.15) is 0 Å². The van der Waals surface area contributed by atoms with Crippen molar-refractivity contribution in [1.82, 2.24) is 10.3 Å². The van der Waals surface area contributed by atoms with Gasteiger partial charge in [-0.05, 0) is 43.0 Å². The Hall–Kier alpha value is -1.35. The fourth-order valence-electron chi connectivity index (χ4n) is 1.80. The van der Waals surface area contributed by atoms with Crippen molar-refractivity contribution in [3.8, 4) is 0 Å². The molecule has 3 nitrogen and oxygen atoms in total. The highest BCUT2D eigenvalue weighted by atomic mass is 16.5. The summed E-state index contributed by atoms with van der Waals surface area (Å²) in [6.45, 7) is 3.88. The zero-order chi connectivity index (χ0) is 11.2. The molecule has 1 atom stereocenters. The fourth-order valence-corrected chi connectivity index (χ4v) is 1.80. The average Bonchev–Trinajstić information content (AvgIpc) is 2.33. The van der Waals surface area contributed by atoms with E-state index in [0.717, 1.165) is 25.9 Å². The summed E-state index contributed by atoms with van der Waals surface area (Å²) >= 11 is 0. The minimum Gasteiger partial charge on any atom is -0.497 e. The van der Waals surface area contributed by atoms with Gasteiger partial charge in [0.15, 0.2) is 0 Å². The van der Waals surface area contributed by atoms with Crippen LogP contribution in [0.3, 0.4) is 0 Å². The van der Waals surface area contributed by atoms with Crippen LogP contribution in [-0.2, 0) is 11.3 Å². The van der Waals surface area contributed by atoms with Crippen LogP contribution < -0.4 is 5.32 Å². The second kappa shape index (κ2) is 5.66. The first-order valence-electron chi connectivity index (χ1n) is 5.77. The monoisotopic (exact) mass is 218 g/mol. The lowest BCUT2D eigenvalue weighted by Gasteiger charge is -2.19. The third-order valence-corrected chi connectivity index (χ3v) is 2.85. The van der Waals surface area contributed by atoms with Gasteiger partial charge in [0.25, 0.3) is 0 Å². The molecule has 0 aliphatic carbocycles. The van der Waals surface area contributed by atoms with Gasteiger partial charge in [0.1, 0.15) is 6.10 Å². The Morgan fingerprint density at radius 2 is 2.50 bits per heavy atom. The molecule has 1 aliphatic heterocycles. The molecular formula is C13H18N2O. The van der Waals surface area contributed by atoms with E-state index in [2.05, 4.69) is 29.4 Å². The van der Waals surface area contributed by atoms with Crippen LogP contribution >= 0.6 is 0 Å². The molecule has 1 N–H and O–H groups in total. The van der Waals surface area contributed by atoms with Crippen molar-refractivity contribution < 1.29 is 4.74 Å². The third kappa shape index (κ3) is 3.07. The van der Waals surface area contributed by atoms with E-state index >= 15 is 0 Å². The predicted octanol–water partition coefficient (Wildman–Crippen LogP) is 2.17. The van der Waals surface area contributed by atoms with E-state index in [1.165, 1.54) is 11.1 Å². The van der Waals surface area contributed by atoms with Crippen LogP contribution in [0.5, 0.6) is 0 Å². The minimum atomic E-state index is 0.326. The van der Waals surface area contributed by atoms with Crippen molar-refractivity contribution in [2.45, 2.75) is 32.4 Å². The molecule has 1 aliphatic rings. The Balaban J connectivity index is 1.75. The third-order valence-electron chi connectivity index (χ3n) is 2.85. The lowest BCUT2D eigenvalue weighted by atomic mass is 10.1. The Bertz CT molecular complexity index is 363. The second-order valence-electron chi connectivity index (χ2n) is 4.14. The Kier molecular flexibility index (Phi) is 3.94. The van der Waals surface area contributed by atoms with Crippen molar-refractivity contribution in [2.75, 3.05) is 6.54 Å². The van der Waals surface area contributed by atoms with Gasteiger partial charge in [-0.25, -0.2) is 0 Å². The summed E-state index contributed by atoms with van der Waals surface area (Å²) in [4.78, 5) is 4.08. The Morgan fingerprint density at radius 1 is 1.56 bits per heavy atom. The zero-order valence-electron chi connectivity index (χ0n) is 9.65. The normalized spacial score (nSPS) is 19.4. The van der Waals surface area contributed by atoms with E-state index in [1.807, 2.05) is 18.7 Å². The average molecular weight is 218 g/mol. The van der Waals surface area contributed by atoms with Gasteiger partial charge in [-0.1, -0.05) is 0 Å². The minimum absolute atomic E-state index is 0.326. The number of allylic oxidation sites excluding steroid dienone is 1. The molecule has 1 unspecified atom stereocenters. The molecule has 0 amide bonds. The first kappa shape index (κ1) is 11.1. The van der Waals surface area contributed by atoms with Crippen LogP contribution in [0.25, 0.3) is 0 Å². The van der Waals surface area contributed by atoms with E-state index in [0.29, 0.717) is 6.10 Å². The highest BCUT2D eigenvalue weighted by Crippen LogP contribution is 2.09. The number of hydrogen-bond donors (Lipinski definition) is 1. The number of ether oxygens (including phenoxy) is 1. The number of hydrogen-bond acceptors (Lipinski definition) is 3. The molecule has 3 heteroatoms. The number of aromatic nitrogens is 1. The summed E-state index contributed by atoms with van der Waals surface area (Å²) in [6.07, 6.45) is 10.2. The van der Waals surface area contributed by atoms with E-state index in [1.54, 1.807) is 0 Å². The largest absolute Gasteiger partial charge is 0.497 e. The van der Waals surface area contributed by atoms with Crippen LogP contribution in [0, 0.1) is 6.92 Å². The first-order valence-corrected chi connectivity index (χ1v) is 5.77. The molecular weight excluding hydrogens is 200 g/mol. The Labute approximate surface area is 96.5 Å². The van der Waals surface area contributed by atoms with Crippen LogP contribution in [0.2, 0.25) is 0 Å². The number of rotatable bonds is 4. The van der Waals surface area contributed by atoms with Crippen LogP contribution in [0.4, 0.5) is 0 Å². The van der Waals surface area contributed by atoms with Gasteiger partial charge in [-0.15, -0.1) is 0 Å². The molecule has 86 valence electrons. The topological polar surface area (TPSA) is 34.2 Å². The quantitative estimate of drug-likeness (QED) is 0.841. The summed E-state index contributed by atoms with van der Waals surface area (Å²) in [5.41, 5.74) is 2.54. The molecule has 0 fully saturated rings. The van der Waals surface area contributed by atoms with Gasteiger partial charge in [-0.3, -0.25) is 4.98 Å². The van der Waals surface area contributed by atoms with Crippen LogP contribution in [0.15, 0.2) is 30.8 Å². The summed E-state index contributed by atoms with van der Waals surface area (Å²) in [6, 6.07) is 2.06. The fraction of sp³-hybridized carbons (Fsp3) is 0.462. The molecule has 2 heterocycles.